The quantitative estimate of drug-likeness (QED) is 0.605. The smallest absolute Gasteiger partial charge is 0.267 e. The number of ether oxygens (including phenoxy) is 1. The van der Waals surface area contributed by atoms with Gasteiger partial charge in [0, 0.05) is 0 Å². The highest BCUT2D eigenvalue weighted by Crippen LogP contribution is 2.39. The second kappa shape index (κ2) is 8.11. The first-order valence-electron chi connectivity index (χ1n) is 9.01. The van der Waals surface area contributed by atoms with Crippen LogP contribution in [-0.4, -0.2) is 33.2 Å². The van der Waals surface area contributed by atoms with E-state index in [9.17, 15) is 13.2 Å². The largest absolute Gasteiger partial charge is 0.476 e. The molecule has 0 saturated carbocycles. The van der Waals surface area contributed by atoms with Gasteiger partial charge in [-0.3, -0.25) is 9.10 Å². The van der Waals surface area contributed by atoms with Crippen LogP contribution in [0.4, 0.5) is 11.4 Å². The van der Waals surface area contributed by atoms with Crippen molar-refractivity contribution in [2.24, 2.45) is 0 Å². The molecule has 0 spiro atoms. The van der Waals surface area contributed by atoms with Crippen LogP contribution in [0, 0.1) is 0 Å². The van der Waals surface area contributed by atoms with Crippen LogP contribution in [0.25, 0.3) is 0 Å². The molecule has 0 aromatic heterocycles. The fourth-order valence-corrected chi connectivity index (χ4v) is 4.50. The van der Waals surface area contributed by atoms with E-state index in [1.165, 1.54) is 16.4 Å². The molecular weight excluding hydrogens is 471 g/mol. The number of fused-ring (bicyclic) bond motifs is 1. The minimum Gasteiger partial charge on any atom is -0.476 e. The third-order valence-electron chi connectivity index (χ3n) is 4.66. The number of hydrogen-bond acceptors (Lipinski definition) is 4. The maximum Gasteiger partial charge on any atom is 0.267 e. The fourth-order valence-electron chi connectivity index (χ4n) is 3.00. The van der Waals surface area contributed by atoms with E-state index in [2.05, 4.69) is 5.32 Å². The predicted octanol–water partition coefficient (Wildman–Crippen LogP) is 5.11. The second-order valence-corrected chi connectivity index (χ2v) is 11.2. The molecule has 2 aromatic rings. The van der Waals surface area contributed by atoms with Crippen molar-refractivity contribution in [3.63, 3.8) is 0 Å². The van der Waals surface area contributed by atoms with Gasteiger partial charge in [0.05, 0.1) is 39.2 Å². The van der Waals surface area contributed by atoms with Gasteiger partial charge < -0.3 is 10.1 Å². The Labute approximate surface area is 191 Å². The number of anilines is 2. The van der Waals surface area contributed by atoms with E-state index in [1.54, 1.807) is 12.1 Å². The number of amides is 1. The number of benzene rings is 2. The number of hydrogen-bond donors (Lipinski definition) is 1. The molecule has 1 N–H and O–H groups in total. The number of nitrogens with one attached hydrogen (secondary N) is 1. The molecule has 0 fully saturated rings. The van der Waals surface area contributed by atoms with E-state index in [-0.39, 0.29) is 32.7 Å². The second-order valence-electron chi connectivity index (χ2n) is 8.07. The fraction of sp³-hybridized carbons (Fsp3) is 0.350. The van der Waals surface area contributed by atoms with Crippen molar-refractivity contribution in [2.45, 2.75) is 32.3 Å². The summed E-state index contributed by atoms with van der Waals surface area (Å²) < 4.78 is 31.9. The van der Waals surface area contributed by atoms with Crippen molar-refractivity contribution >= 4 is 62.1 Å². The Morgan fingerprint density at radius 1 is 1.10 bits per heavy atom. The third-order valence-corrected chi connectivity index (χ3v) is 6.84. The summed E-state index contributed by atoms with van der Waals surface area (Å²) in [5.74, 6) is -0.255. The molecule has 0 saturated heterocycles. The summed E-state index contributed by atoms with van der Waals surface area (Å²) in [4.78, 5) is 12.8. The lowest BCUT2D eigenvalue weighted by atomic mass is 9.86. The van der Waals surface area contributed by atoms with Gasteiger partial charge in [0.2, 0.25) is 10.0 Å². The molecule has 0 aliphatic carbocycles. The van der Waals surface area contributed by atoms with Crippen LogP contribution in [0.15, 0.2) is 30.3 Å². The van der Waals surface area contributed by atoms with Gasteiger partial charge in [-0.25, -0.2) is 8.42 Å². The number of rotatable bonds is 3. The van der Waals surface area contributed by atoms with Crippen LogP contribution in [0.1, 0.15) is 26.3 Å². The molecule has 1 aliphatic rings. The Morgan fingerprint density at radius 3 is 2.33 bits per heavy atom. The van der Waals surface area contributed by atoms with E-state index < -0.39 is 22.0 Å². The zero-order valence-electron chi connectivity index (χ0n) is 16.8. The summed E-state index contributed by atoms with van der Waals surface area (Å²) in [5.41, 5.74) is 1.42. The van der Waals surface area contributed by atoms with Gasteiger partial charge in [0.1, 0.15) is 5.75 Å². The highest BCUT2D eigenvalue weighted by Gasteiger charge is 2.36. The molecule has 10 heteroatoms. The maximum atomic E-state index is 12.8. The van der Waals surface area contributed by atoms with Gasteiger partial charge in [0.15, 0.2) is 6.10 Å². The Hall–Kier alpha value is -1.67. The molecule has 0 bridgehead atoms. The van der Waals surface area contributed by atoms with Gasteiger partial charge >= 0.3 is 0 Å². The van der Waals surface area contributed by atoms with Gasteiger partial charge in [-0.15, -0.1) is 0 Å². The highest BCUT2D eigenvalue weighted by atomic mass is 35.5. The van der Waals surface area contributed by atoms with Crippen LogP contribution in [0.3, 0.4) is 0 Å². The van der Waals surface area contributed by atoms with E-state index in [1.807, 2.05) is 26.8 Å². The summed E-state index contributed by atoms with van der Waals surface area (Å²) in [6, 6.07) is 8.15. The minimum atomic E-state index is -3.65. The minimum absolute atomic E-state index is 0.176. The first kappa shape index (κ1) is 23.0. The predicted molar refractivity (Wildman–Crippen MR) is 122 cm³/mol. The molecule has 0 radical (unpaired) electrons. The molecule has 30 heavy (non-hydrogen) atoms. The van der Waals surface area contributed by atoms with Crippen molar-refractivity contribution in [3.8, 4) is 5.75 Å². The molecule has 2 aromatic carbocycles. The van der Waals surface area contributed by atoms with E-state index >= 15 is 0 Å². The summed E-state index contributed by atoms with van der Waals surface area (Å²) in [7, 11) is -3.65. The highest BCUT2D eigenvalue weighted by molar-refractivity contribution is 7.92. The summed E-state index contributed by atoms with van der Waals surface area (Å²) in [6.45, 7) is 5.91. The molecule has 1 unspecified atom stereocenters. The Kier molecular flexibility index (Phi) is 6.22. The normalized spacial score (nSPS) is 16.6. The number of carbonyl (C=O) groups is 1. The number of carbonyl (C=O) groups excluding carboxylic acids is 1. The standard InChI is InChI=1S/C20H21Cl3N2O4S/c1-20(2,3)11-5-6-17-16(7-11)25(30(4,27)28)10-18(29-17)19(26)24-15-9-13(22)12(21)8-14(15)23/h5-9,18H,10H2,1-4H3,(H,24,26). The Morgan fingerprint density at radius 2 is 1.73 bits per heavy atom. The summed E-state index contributed by atoms with van der Waals surface area (Å²) in [6.07, 6.45) is 0.00894. The molecule has 1 heterocycles. The molecule has 1 atom stereocenters. The Balaban J connectivity index is 1.94. The van der Waals surface area contributed by atoms with E-state index in [0.717, 1.165) is 11.8 Å². The average molecular weight is 492 g/mol. The third kappa shape index (κ3) is 4.80. The molecule has 1 amide bonds. The van der Waals surface area contributed by atoms with Gasteiger partial charge in [-0.05, 0) is 35.2 Å². The van der Waals surface area contributed by atoms with Crippen molar-refractivity contribution < 1.29 is 17.9 Å². The number of halogens is 3. The van der Waals surface area contributed by atoms with Gasteiger partial charge in [-0.1, -0.05) is 61.6 Å². The zero-order valence-corrected chi connectivity index (χ0v) is 19.9. The molecular formula is C20H21Cl3N2O4S. The summed E-state index contributed by atoms with van der Waals surface area (Å²) in [5, 5.41) is 3.30. The zero-order chi connectivity index (χ0) is 22.4. The molecule has 162 valence electrons. The van der Waals surface area contributed by atoms with Crippen LogP contribution >= 0.6 is 34.8 Å². The molecule has 6 nitrogen and oxygen atoms in total. The monoisotopic (exact) mass is 490 g/mol. The average Bonchev–Trinajstić information content (AvgIpc) is 2.63. The van der Waals surface area contributed by atoms with Crippen molar-refractivity contribution in [2.75, 3.05) is 22.4 Å². The lowest BCUT2D eigenvalue weighted by molar-refractivity contribution is -0.122. The van der Waals surface area contributed by atoms with Crippen LogP contribution in [-0.2, 0) is 20.2 Å². The SMILES string of the molecule is CC(C)(C)c1ccc2c(c1)N(S(C)(=O)=O)CC(C(=O)Nc1cc(Cl)c(Cl)cc1Cl)O2. The topological polar surface area (TPSA) is 75.7 Å². The lowest BCUT2D eigenvalue weighted by Crippen LogP contribution is -2.48. The van der Waals surface area contributed by atoms with Crippen LogP contribution in [0.2, 0.25) is 15.1 Å². The van der Waals surface area contributed by atoms with Crippen LogP contribution in [0.5, 0.6) is 5.75 Å². The number of sulfonamides is 1. The van der Waals surface area contributed by atoms with Gasteiger partial charge in [-0.2, -0.15) is 0 Å². The number of nitrogens with zero attached hydrogens (tertiary/aromatic N) is 1. The van der Waals surface area contributed by atoms with Crippen LogP contribution < -0.4 is 14.4 Å². The molecule has 3 rings (SSSR count). The summed E-state index contributed by atoms with van der Waals surface area (Å²) >= 11 is 18.0. The maximum absolute atomic E-state index is 12.8. The van der Waals surface area contributed by atoms with E-state index in [4.69, 9.17) is 39.5 Å². The first-order valence-corrected chi connectivity index (χ1v) is 12.0. The lowest BCUT2D eigenvalue weighted by Gasteiger charge is -2.35. The van der Waals surface area contributed by atoms with Crippen molar-refractivity contribution in [1.82, 2.24) is 0 Å². The van der Waals surface area contributed by atoms with Gasteiger partial charge in [0.25, 0.3) is 5.91 Å². The van der Waals surface area contributed by atoms with Crippen molar-refractivity contribution in [3.05, 3.63) is 51.0 Å². The first-order chi connectivity index (χ1) is 13.8. The molecule has 1 aliphatic heterocycles. The van der Waals surface area contributed by atoms with Crippen molar-refractivity contribution in [1.29, 1.82) is 0 Å². The Bertz CT molecular complexity index is 1110. The van der Waals surface area contributed by atoms with E-state index in [0.29, 0.717) is 11.4 Å².